The third-order valence-corrected chi connectivity index (χ3v) is 2.13. The van der Waals surface area contributed by atoms with Crippen molar-refractivity contribution in [2.45, 2.75) is 0 Å². The fourth-order valence-corrected chi connectivity index (χ4v) is 1.33. The molecule has 1 heterocycles. The minimum Gasteiger partial charge on any atom is -0.506 e. The molecule has 2 aromatic rings. The van der Waals surface area contributed by atoms with Gasteiger partial charge in [0.1, 0.15) is 17.8 Å². The first-order valence-electron chi connectivity index (χ1n) is 3.79. The van der Waals surface area contributed by atoms with Crippen LogP contribution in [0.3, 0.4) is 0 Å². The predicted octanol–water partition coefficient (Wildman–Crippen LogP) is 1.62. The molecule has 0 bridgehead atoms. The molecule has 0 aliphatic heterocycles. The first-order valence-corrected chi connectivity index (χ1v) is 4.56. The molecule has 0 aliphatic carbocycles. The number of ether oxygens (including phenoxy) is 1. The molecule has 0 radical (unpaired) electrons. The van der Waals surface area contributed by atoms with Gasteiger partial charge in [-0.1, -0.05) is 6.07 Å². The van der Waals surface area contributed by atoms with Gasteiger partial charge in [-0.15, -0.1) is 0 Å². The lowest BCUT2D eigenvalue weighted by molar-refractivity contribution is 0.458. The Morgan fingerprint density at radius 2 is 2.29 bits per heavy atom. The Kier molecular flexibility index (Phi) is 2.19. The van der Waals surface area contributed by atoms with Gasteiger partial charge in [0.25, 0.3) is 5.19 Å². The highest BCUT2D eigenvalue weighted by atomic mass is 32.1. The average Bonchev–Trinajstić information content (AvgIpc) is 2.66. The molecule has 0 atom stereocenters. The van der Waals surface area contributed by atoms with Crippen LogP contribution in [0.1, 0.15) is 0 Å². The van der Waals surface area contributed by atoms with E-state index in [4.69, 9.17) is 10.5 Å². The number of aromatic hydroxyl groups is 1. The van der Waals surface area contributed by atoms with Gasteiger partial charge >= 0.3 is 0 Å². The minimum absolute atomic E-state index is 0.00739. The Bertz CT molecular complexity index is 430. The van der Waals surface area contributed by atoms with Crippen molar-refractivity contribution in [3.63, 3.8) is 0 Å². The summed E-state index contributed by atoms with van der Waals surface area (Å²) in [6.07, 6.45) is 1.39. The third-order valence-electron chi connectivity index (χ3n) is 1.58. The summed E-state index contributed by atoms with van der Waals surface area (Å²) < 4.78 is 9.06. The molecule has 6 heteroatoms. The lowest BCUT2D eigenvalue weighted by Crippen LogP contribution is -1.91. The zero-order chi connectivity index (χ0) is 9.97. The fourth-order valence-electron chi connectivity index (χ4n) is 0.923. The predicted molar refractivity (Wildman–Crippen MR) is 52.5 cm³/mol. The van der Waals surface area contributed by atoms with E-state index in [1.807, 2.05) is 0 Å². The maximum absolute atomic E-state index is 9.29. The van der Waals surface area contributed by atoms with E-state index in [1.165, 1.54) is 12.4 Å². The summed E-state index contributed by atoms with van der Waals surface area (Å²) in [5, 5.41) is 9.68. The molecule has 14 heavy (non-hydrogen) atoms. The summed E-state index contributed by atoms with van der Waals surface area (Å²) in [5.41, 5.74) is 5.78. The number of para-hydroxylation sites is 1. The second kappa shape index (κ2) is 3.51. The number of benzene rings is 1. The van der Waals surface area contributed by atoms with Crippen LogP contribution in [0.2, 0.25) is 0 Å². The molecule has 0 amide bonds. The number of nitrogen functional groups attached to an aromatic ring is 1. The summed E-state index contributed by atoms with van der Waals surface area (Å²) in [6, 6.07) is 4.78. The standard InChI is InChI=1S/C8H7N3O2S/c9-7-5(12)2-1-3-6(7)13-8-10-4-11-14-8/h1-4,12H,9H2. The van der Waals surface area contributed by atoms with Gasteiger partial charge in [0, 0.05) is 11.5 Å². The van der Waals surface area contributed by atoms with Crippen molar-refractivity contribution in [2.24, 2.45) is 0 Å². The van der Waals surface area contributed by atoms with Crippen LogP contribution in [-0.2, 0) is 0 Å². The molecular formula is C8H7N3O2S. The van der Waals surface area contributed by atoms with Crippen molar-refractivity contribution >= 4 is 17.2 Å². The Morgan fingerprint density at radius 3 is 3.00 bits per heavy atom. The summed E-state index contributed by atoms with van der Waals surface area (Å²) in [4.78, 5) is 3.83. The number of hydrogen-bond donors (Lipinski definition) is 2. The van der Waals surface area contributed by atoms with Gasteiger partial charge < -0.3 is 15.6 Å². The zero-order valence-electron chi connectivity index (χ0n) is 7.04. The summed E-state index contributed by atoms with van der Waals surface area (Å²) in [6.45, 7) is 0. The van der Waals surface area contributed by atoms with Crippen molar-refractivity contribution in [3.8, 4) is 16.7 Å². The van der Waals surface area contributed by atoms with Gasteiger partial charge in [-0.05, 0) is 12.1 Å². The Morgan fingerprint density at radius 1 is 1.43 bits per heavy atom. The molecule has 0 unspecified atom stereocenters. The van der Waals surface area contributed by atoms with Gasteiger partial charge in [0.2, 0.25) is 0 Å². The molecule has 0 fully saturated rings. The smallest absolute Gasteiger partial charge is 0.298 e. The fraction of sp³-hybridized carbons (Fsp3) is 0. The third kappa shape index (κ3) is 1.60. The van der Waals surface area contributed by atoms with E-state index in [0.29, 0.717) is 10.9 Å². The van der Waals surface area contributed by atoms with Gasteiger partial charge in [-0.2, -0.15) is 9.36 Å². The van der Waals surface area contributed by atoms with Crippen LogP contribution in [0.25, 0.3) is 0 Å². The molecule has 3 N–H and O–H groups in total. The van der Waals surface area contributed by atoms with Crippen LogP contribution in [0.4, 0.5) is 5.69 Å². The molecule has 2 rings (SSSR count). The molecule has 0 spiro atoms. The largest absolute Gasteiger partial charge is 0.506 e. The van der Waals surface area contributed by atoms with E-state index in [-0.39, 0.29) is 11.4 Å². The summed E-state index contributed by atoms with van der Waals surface area (Å²) >= 11 is 1.11. The number of nitrogens with two attached hydrogens (primary N) is 1. The summed E-state index contributed by atoms with van der Waals surface area (Å²) in [5.74, 6) is 0.369. The van der Waals surface area contributed by atoms with Gasteiger partial charge in [0.15, 0.2) is 5.75 Å². The Balaban J connectivity index is 2.29. The minimum atomic E-state index is -0.00739. The van der Waals surface area contributed by atoms with Crippen LogP contribution in [0, 0.1) is 0 Å². The highest BCUT2D eigenvalue weighted by molar-refractivity contribution is 7.07. The highest BCUT2D eigenvalue weighted by Crippen LogP contribution is 2.33. The number of anilines is 1. The molecule has 5 nitrogen and oxygen atoms in total. The van der Waals surface area contributed by atoms with E-state index in [1.54, 1.807) is 12.1 Å². The molecule has 0 saturated carbocycles. The Hall–Kier alpha value is -1.82. The van der Waals surface area contributed by atoms with E-state index < -0.39 is 0 Å². The average molecular weight is 209 g/mol. The number of phenols is 1. The molecule has 0 aliphatic rings. The molecular weight excluding hydrogens is 202 g/mol. The van der Waals surface area contributed by atoms with E-state index >= 15 is 0 Å². The monoisotopic (exact) mass is 209 g/mol. The Labute approximate surface area is 84.0 Å². The van der Waals surface area contributed by atoms with Crippen molar-refractivity contribution in [3.05, 3.63) is 24.5 Å². The van der Waals surface area contributed by atoms with Crippen molar-refractivity contribution in [1.82, 2.24) is 9.36 Å². The van der Waals surface area contributed by atoms with E-state index in [0.717, 1.165) is 11.5 Å². The number of phenolic OH excluding ortho intramolecular Hbond substituents is 1. The molecule has 0 saturated heterocycles. The quantitative estimate of drug-likeness (QED) is 0.580. The number of hydrogen-bond acceptors (Lipinski definition) is 6. The SMILES string of the molecule is Nc1c(O)cccc1Oc1ncns1. The lowest BCUT2D eigenvalue weighted by Gasteiger charge is -2.05. The maximum atomic E-state index is 9.29. The highest BCUT2D eigenvalue weighted by Gasteiger charge is 2.07. The van der Waals surface area contributed by atoms with Crippen molar-refractivity contribution < 1.29 is 9.84 Å². The number of nitrogens with zero attached hydrogens (tertiary/aromatic N) is 2. The molecule has 72 valence electrons. The molecule has 1 aromatic heterocycles. The van der Waals surface area contributed by atoms with Crippen LogP contribution >= 0.6 is 11.5 Å². The number of aromatic nitrogens is 2. The first-order chi connectivity index (χ1) is 6.77. The van der Waals surface area contributed by atoms with Gasteiger partial charge in [0.05, 0.1) is 0 Å². The van der Waals surface area contributed by atoms with Crippen LogP contribution in [0.5, 0.6) is 16.7 Å². The number of rotatable bonds is 2. The van der Waals surface area contributed by atoms with Gasteiger partial charge in [-0.3, -0.25) is 0 Å². The van der Waals surface area contributed by atoms with Crippen LogP contribution in [0.15, 0.2) is 24.5 Å². The second-order valence-corrected chi connectivity index (χ2v) is 3.24. The maximum Gasteiger partial charge on any atom is 0.298 e. The van der Waals surface area contributed by atoms with Crippen molar-refractivity contribution in [1.29, 1.82) is 0 Å². The first kappa shape index (κ1) is 8.76. The lowest BCUT2D eigenvalue weighted by atomic mass is 10.3. The summed E-state index contributed by atoms with van der Waals surface area (Å²) in [7, 11) is 0. The topological polar surface area (TPSA) is 81.3 Å². The van der Waals surface area contributed by atoms with Crippen LogP contribution in [-0.4, -0.2) is 14.5 Å². The van der Waals surface area contributed by atoms with Crippen LogP contribution < -0.4 is 10.5 Å². The molecule has 1 aromatic carbocycles. The second-order valence-electron chi connectivity index (χ2n) is 2.50. The van der Waals surface area contributed by atoms with Gasteiger partial charge in [-0.25, -0.2) is 0 Å². The normalized spacial score (nSPS) is 10.0. The van der Waals surface area contributed by atoms with Crippen molar-refractivity contribution in [2.75, 3.05) is 5.73 Å². The zero-order valence-corrected chi connectivity index (χ0v) is 7.86. The van der Waals surface area contributed by atoms with E-state index in [2.05, 4.69) is 9.36 Å². The van der Waals surface area contributed by atoms with E-state index in [9.17, 15) is 5.11 Å².